The van der Waals surface area contributed by atoms with Gasteiger partial charge in [-0.1, -0.05) is 6.92 Å². The fraction of sp³-hybridized carbons (Fsp3) is 0.600. The molecule has 2 fully saturated rings. The predicted octanol–water partition coefficient (Wildman–Crippen LogP) is 0.411. The van der Waals surface area contributed by atoms with E-state index in [1.165, 1.54) is 16.7 Å². The van der Waals surface area contributed by atoms with Gasteiger partial charge in [0.05, 0.1) is 18.1 Å². The maximum atomic E-state index is 12.5. The van der Waals surface area contributed by atoms with Crippen molar-refractivity contribution >= 4 is 42.0 Å². The van der Waals surface area contributed by atoms with Crippen LogP contribution in [0.5, 0.6) is 0 Å². The highest BCUT2D eigenvalue weighted by Gasteiger charge is 2.60. The van der Waals surface area contributed by atoms with Gasteiger partial charge in [0.1, 0.15) is 5.70 Å². The standard InChI is InChI=1S/C20H27N5O5S.ClH/c1-9-14-13(10(2)26)19(28)25(14)15(20(29)30)16(9)31-12-7-11(23-8-12)3-5-24-6-4-22-18(24)17(21)27;/h4,6,9-14,23,26H,3,5,7-8H2,1-2H3,(H2,21,27)(H,29,30);1H/t9-,10-,11-,12+,13-,14-;/m1./s1. The highest BCUT2D eigenvalue weighted by Crippen LogP contribution is 2.51. The van der Waals surface area contributed by atoms with E-state index >= 15 is 0 Å². The van der Waals surface area contributed by atoms with E-state index in [-0.39, 0.29) is 53.1 Å². The molecule has 12 heteroatoms. The van der Waals surface area contributed by atoms with Crippen molar-refractivity contribution in [2.24, 2.45) is 17.6 Å². The normalized spacial score (nSPS) is 30.0. The van der Waals surface area contributed by atoms with Crippen molar-refractivity contribution in [2.45, 2.75) is 56.7 Å². The monoisotopic (exact) mass is 485 g/mol. The Morgan fingerprint density at radius 3 is 2.78 bits per heavy atom. The summed E-state index contributed by atoms with van der Waals surface area (Å²) in [7, 11) is 0. The largest absolute Gasteiger partial charge is 0.477 e. The van der Waals surface area contributed by atoms with E-state index in [1.54, 1.807) is 23.9 Å². The number of fused-ring (bicyclic) bond motifs is 1. The van der Waals surface area contributed by atoms with Gasteiger partial charge in [0.2, 0.25) is 5.91 Å². The molecule has 2 amide bonds. The number of nitrogens with zero attached hydrogens (tertiary/aromatic N) is 3. The fourth-order valence-electron chi connectivity index (χ4n) is 4.96. The second kappa shape index (κ2) is 9.42. The lowest BCUT2D eigenvalue weighted by atomic mass is 9.79. The molecule has 10 nitrogen and oxygen atoms in total. The maximum absolute atomic E-state index is 12.5. The van der Waals surface area contributed by atoms with Crippen molar-refractivity contribution in [3.63, 3.8) is 0 Å². The van der Waals surface area contributed by atoms with E-state index < -0.39 is 23.9 Å². The number of carbonyl (C=O) groups excluding carboxylic acids is 2. The molecule has 176 valence electrons. The Kier molecular flexibility index (Phi) is 7.23. The average molecular weight is 486 g/mol. The second-order valence-corrected chi connectivity index (χ2v) is 9.79. The Balaban J connectivity index is 0.00000289. The van der Waals surface area contributed by atoms with Crippen molar-refractivity contribution in [1.82, 2.24) is 19.8 Å². The molecule has 5 N–H and O–H groups in total. The van der Waals surface area contributed by atoms with Crippen molar-refractivity contribution in [3.8, 4) is 0 Å². The number of aliphatic hydroxyl groups is 1. The van der Waals surface area contributed by atoms with E-state index in [0.29, 0.717) is 11.4 Å². The van der Waals surface area contributed by atoms with Gasteiger partial charge in [-0.05, 0) is 19.8 Å². The van der Waals surface area contributed by atoms with Crippen LogP contribution < -0.4 is 11.1 Å². The third kappa shape index (κ3) is 4.14. The average Bonchev–Trinajstić information content (AvgIpc) is 3.38. The van der Waals surface area contributed by atoms with Crippen LogP contribution in [0.2, 0.25) is 0 Å². The van der Waals surface area contributed by atoms with Crippen molar-refractivity contribution in [1.29, 1.82) is 0 Å². The number of aryl methyl sites for hydroxylation is 1. The van der Waals surface area contributed by atoms with Gasteiger partial charge < -0.3 is 30.7 Å². The Hall–Kier alpha value is -2.08. The molecular formula is C20H28ClN5O5S. The molecule has 0 saturated carbocycles. The number of carbonyl (C=O) groups is 3. The minimum absolute atomic E-state index is 0. The lowest BCUT2D eigenvalue weighted by molar-refractivity contribution is -0.163. The molecule has 3 aliphatic rings. The summed E-state index contributed by atoms with van der Waals surface area (Å²) < 4.78 is 1.74. The molecule has 6 atom stereocenters. The number of nitrogens with one attached hydrogen (secondary N) is 1. The number of primary amides is 1. The Morgan fingerprint density at radius 2 is 2.16 bits per heavy atom. The van der Waals surface area contributed by atoms with Crippen LogP contribution in [-0.2, 0) is 16.1 Å². The van der Waals surface area contributed by atoms with Crippen LogP contribution in [0.4, 0.5) is 0 Å². The molecule has 32 heavy (non-hydrogen) atoms. The van der Waals surface area contributed by atoms with Gasteiger partial charge in [-0.3, -0.25) is 9.59 Å². The second-order valence-electron chi connectivity index (χ2n) is 8.45. The molecule has 0 bridgehead atoms. The minimum atomic E-state index is -1.10. The van der Waals surface area contributed by atoms with E-state index in [4.69, 9.17) is 5.73 Å². The molecule has 0 aromatic carbocycles. The number of aromatic nitrogens is 2. The van der Waals surface area contributed by atoms with Crippen LogP contribution in [0.25, 0.3) is 0 Å². The van der Waals surface area contributed by atoms with Crippen LogP contribution in [0.1, 0.15) is 37.3 Å². The molecule has 0 radical (unpaired) electrons. The van der Waals surface area contributed by atoms with Gasteiger partial charge in [0, 0.05) is 47.6 Å². The summed E-state index contributed by atoms with van der Waals surface area (Å²) in [4.78, 5) is 41.9. The smallest absolute Gasteiger partial charge is 0.353 e. The van der Waals surface area contributed by atoms with Crippen molar-refractivity contribution in [2.75, 3.05) is 6.54 Å². The molecule has 0 spiro atoms. The summed E-state index contributed by atoms with van der Waals surface area (Å²) in [6.45, 7) is 4.84. The van der Waals surface area contributed by atoms with Crippen LogP contribution >= 0.6 is 24.2 Å². The van der Waals surface area contributed by atoms with Gasteiger partial charge in [-0.2, -0.15) is 0 Å². The lowest BCUT2D eigenvalue weighted by Gasteiger charge is -2.46. The number of carboxylic acids is 1. The molecule has 1 aromatic rings. The number of thioether (sulfide) groups is 1. The lowest BCUT2D eigenvalue weighted by Crippen LogP contribution is -2.63. The first-order valence-electron chi connectivity index (χ1n) is 10.4. The molecule has 3 aliphatic heterocycles. The first kappa shape index (κ1) is 24.6. The zero-order valence-corrected chi connectivity index (χ0v) is 19.4. The Morgan fingerprint density at radius 1 is 1.44 bits per heavy atom. The molecule has 0 unspecified atom stereocenters. The first-order valence-corrected chi connectivity index (χ1v) is 11.3. The number of aliphatic hydroxyl groups excluding tert-OH is 1. The summed E-state index contributed by atoms with van der Waals surface area (Å²) in [6.07, 6.45) is 4.10. The number of β-lactam (4-membered cyclic amide) rings is 1. The van der Waals surface area contributed by atoms with Crippen molar-refractivity contribution in [3.05, 3.63) is 28.8 Å². The number of aliphatic carboxylic acids is 1. The van der Waals surface area contributed by atoms with Gasteiger partial charge in [0.15, 0.2) is 5.82 Å². The molecule has 1 aromatic heterocycles. The molecule has 2 saturated heterocycles. The first-order chi connectivity index (χ1) is 14.7. The van der Waals surface area contributed by atoms with E-state index in [2.05, 4.69) is 10.3 Å². The van der Waals surface area contributed by atoms with Gasteiger partial charge >= 0.3 is 5.97 Å². The summed E-state index contributed by atoms with van der Waals surface area (Å²) in [5.74, 6) is -2.41. The zero-order chi connectivity index (χ0) is 22.4. The summed E-state index contributed by atoms with van der Waals surface area (Å²) in [5.41, 5.74) is 5.40. The number of rotatable bonds is 8. The third-order valence-corrected chi connectivity index (χ3v) is 7.95. The number of imidazole rings is 1. The zero-order valence-electron chi connectivity index (χ0n) is 17.8. The number of carboxylic acid groups (broad SMARTS) is 1. The fourth-order valence-corrected chi connectivity index (χ4v) is 6.48. The minimum Gasteiger partial charge on any atom is -0.477 e. The number of hydrogen-bond acceptors (Lipinski definition) is 7. The molecule has 0 aliphatic carbocycles. The van der Waals surface area contributed by atoms with E-state index in [0.717, 1.165) is 19.4 Å². The van der Waals surface area contributed by atoms with E-state index in [9.17, 15) is 24.6 Å². The van der Waals surface area contributed by atoms with Crippen LogP contribution in [-0.4, -0.2) is 72.4 Å². The van der Waals surface area contributed by atoms with Crippen LogP contribution in [0.15, 0.2) is 23.0 Å². The summed E-state index contributed by atoms with van der Waals surface area (Å²) in [6, 6.07) is -0.0743. The highest BCUT2D eigenvalue weighted by molar-refractivity contribution is 8.03. The maximum Gasteiger partial charge on any atom is 0.353 e. The third-order valence-electron chi connectivity index (χ3n) is 6.44. The van der Waals surface area contributed by atoms with E-state index in [1.807, 2.05) is 6.92 Å². The quantitative estimate of drug-likeness (QED) is 0.386. The molecule has 4 rings (SSSR count). The molecule has 4 heterocycles. The van der Waals surface area contributed by atoms with Crippen LogP contribution in [0.3, 0.4) is 0 Å². The van der Waals surface area contributed by atoms with Gasteiger partial charge in [-0.25, -0.2) is 9.78 Å². The Labute approximate surface area is 196 Å². The number of halogens is 1. The predicted molar refractivity (Wildman–Crippen MR) is 120 cm³/mol. The van der Waals surface area contributed by atoms with Gasteiger partial charge in [-0.15, -0.1) is 24.2 Å². The number of amides is 2. The van der Waals surface area contributed by atoms with Crippen molar-refractivity contribution < 1.29 is 24.6 Å². The molecular weight excluding hydrogens is 458 g/mol. The highest BCUT2D eigenvalue weighted by atomic mass is 35.5. The summed E-state index contributed by atoms with van der Waals surface area (Å²) >= 11 is 1.53. The van der Waals surface area contributed by atoms with Gasteiger partial charge in [0.25, 0.3) is 5.91 Å². The van der Waals surface area contributed by atoms with Crippen LogP contribution in [0, 0.1) is 11.8 Å². The Bertz CT molecular complexity index is 951. The number of nitrogens with two attached hydrogens (primary N) is 1. The number of hydrogen-bond donors (Lipinski definition) is 4. The SMILES string of the molecule is C[C@@H](O)[C@H]1C(=O)N2C(C(=O)O)=C(S[C@@H]3CN[C@H](CCn4ccnc4C(N)=O)C3)[C@H](C)[C@H]12.Cl. The summed E-state index contributed by atoms with van der Waals surface area (Å²) in [5, 5.41) is 23.4. The topological polar surface area (TPSA) is 151 Å².